The van der Waals surface area contributed by atoms with Gasteiger partial charge in [-0.2, -0.15) is 8.42 Å². The van der Waals surface area contributed by atoms with E-state index in [-0.39, 0.29) is 21.8 Å². The van der Waals surface area contributed by atoms with Crippen LogP contribution in [0.15, 0.2) is 79.4 Å². The number of rotatable bonds is 3. The lowest BCUT2D eigenvalue weighted by molar-refractivity contribution is 0.470. The second-order valence-electron chi connectivity index (χ2n) is 5.07. The van der Waals surface area contributed by atoms with Crippen LogP contribution >= 0.6 is 0 Å². The quantitative estimate of drug-likeness (QED) is 0.419. The van der Waals surface area contributed by atoms with E-state index in [1.54, 1.807) is 30.3 Å². The van der Waals surface area contributed by atoms with Crippen molar-refractivity contribution in [2.45, 2.75) is 4.90 Å². The predicted octanol–water partition coefficient (Wildman–Crippen LogP) is 3.31. The lowest BCUT2D eigenvalue weighted by atomic mass is 10.1. The Morgan fingerprint density at radius 1 is 0.875 bits per heavy atom. The zero-order valence-electron chi connectivity index (χ0n) is 12.1. The lowest BCUT2D eigenvalue weighted by Gasteiger charge is -2.09. The molecule has 7 heteroatoms. The first-order valence-electron chi connectivity index (χ1n) is 6.98. The minimum Gasteiger partial charge on any atom is -0.460 e. The van der Waals surface area contributed by atoms with Gasteiger partial charge in [-0.3, -0.25) is 0 Å². The molecule has 0 aliphatic rings. The fourth-order valence-electron chi connectivity index (χ4n) is 2.43. The molecule has 2 heterocycles. The summed E-state index contributed by atoms with van der Waals surface area (Å²) >= 11 is 0. The SMILES string of the molecule is O=c1ccc2cc3ccoc3c(OS(=O)(=O)c3ccccc3)c2o1. The van der Waals surface area contributed by atoms with Crippen LogP contribution in [0.4, 0.5) is 0 Å². The van der Waals surface area contributed by atoms with Crippen molar-refractivity contribution in [3.8, 4) is 5.75 Å². The summed E-state index contributed by atoms with van der Waals surface area (Å²) in [6, 6.07) is 13.9. The Bertz CT molecular complexity index is 1200. The van der Waals surface area contributed by atoms with Gasteiger partial charge in [0.25, 0.3) is 0 Å². The molecule has 0 radical (unpaired) electrons. The molecule has 24 heavy (non-hydrogen) atoms. The van der Waals surface area contributed by atoms with Gasteiger partial charge in [0.15, 0.2) is 11.2 Å². The molecule has 0 aliphatic carbocycles. The summed E-state index contributed by atoms with van der Waals surface area (Å²) in [6.07, 6.45) is 1.41. The molecule has 0 N–H and O–H groups in total. The van der Waals surface area contributed by atoms with Gasteiger partial charge in [0, 0.05) is 16.8 Å². The molecule has 2 aromatic heterocycles. The summed E-state index contributed by atoms with van der Waals surface area (Å²) in [4.78, 5) is 11.5. The molecule has 6 nitrogen and oxygen atoms in total. The fourth-order valence-corrected chi connectivity index (χ4v) is 3.38. The van der Waals surface area contributed by atoms with Crippen molar-refractivity contribution in [3.05, 3.63) is 71.3 Å². The van der Waals surface area contributed by atoms with E-state index in [1.807, 2.05) is 0 Å². The van der Waals surface area contributed by atoms with Crippen molar-refractivity contribution in [2.75, 3.05) is 0 Å². The molecule has 120 valence electrons. The molecule has 0 fully saturated rings. The Labute approximate surface area is 136 Å². The predicted molar refractivity (Wildman–Crippen MR) is 86.5 cm³/mol. The smallest absolute Gasteiger partial charge is 0.339 e. The molecule has 0 spiro atoms. The lowest BCUT2D eigenvalue weighted by Crippen LogP contribution is -2.10. The summed E-state index contributed by atoms with van der Waals surface area (Å²) in [5.74, 6) is -0.144. The normalized spacial score (nSPS) is 11.8. The third kappa shape index (κ3) is 2.35. The van der Waals surface area contributed by atoms with E-state index in [9.17, 15) is 13.2 Å². The molecule has 0 amide bonds. The third-order valence-electron chi connectivity index (χ3n) is 3.51. The van der Waals surface area contributed by atoms with Gasteiger partial charge in [-0.25, -0.2) is 4.79 Å². The summed E-state index contributed by atoms with van der Waals surface area (Å²) in [5.41, 5.74) is -0.406. The van der Waals surface area contributed by atoms with E-state index >= 15 is 0 Å². The van der Waals surface area contributed by atoms with Gasteiger partial charge in [-0.15, -0.1) is 0 Å². The van der Waals surface area contributed by atoms with Crippen LogP contribution in [-0.4, -0.2) is 8.42 Å². The Morgan fingerprint density at radius 2 is 1.62 bits per heavy atom. The second kappa shape index (κ2) is 5.24. The van der Waals surface area contributed by atoms with Crippen LogP contribution in [0.3, 0.4) is 0 Å². The van der Waals surface area contributed by atoms with Crippen molar-refractivity contribution in [2.24, 2.45) is 0 Å². The van der Waals surface area contributed by atoms with E-state index in [1.165, 1.54) is 30.5 Å². The molecule has 0 aliphatic heterocycles. The fraction of sp³-hybridized carbons (Fsp3) is 0. The van der Waals surface area contributed by atoms with Gasteiger partial charge in [0.1, 0.15) is 4.90 Å². The number of hydrogen-bond acceptors (Lipinski definition) is 6. The highest BCUT2D eigenvalue weighted by Gasteiger charge is 2.23. The molecular formula is C17H10O6S. The summed E-state index contributed by atoms with van der Waals surface area (Å²) in [7, 11) is -4.11. The van der Waals surface area contributed by atoms with Gasteiger partial charge in [-0.1, -0.05) is 18.2 Å². The molecular weight excluding hydrogens is 332 g/mol. The van der Waals surface area contributed by atoms with Crippen LogP contribution in [0.2, 0.25) is 0 Å². The Hall–Kier alpha value is -3.06. The molecule has 0 unspecified atom stereocenters. The van der Waals surface area contributed by atoms with E-state index in [4.69, 9.17) is 13.0 Å². The van der Waals surface area contributed by atoms with Gasteiger partial charge >= 0.3 is 15.7 Å². The van der Waals surface area contributed by atoms with Crippen LogP contribution < -0.4 is 9.81 Å². The maximum atomic E-state index is 12.5. The van der Waals surface area contributed by atoms with E-state index in [0.29, 0.717) is 10.8 Å². The zero-order chi connectivity index (χ0) is 16.7. The largest absolute Gasteiger partial charge is 0.460 e. The average Bonchev–Trinajstić information content (AvgIpc) is 3.04. The Kier molecular flexibility index (Phi) is 3.17. The molecule has 4 aromatic rings. The van der Waals surface area contributed by atoms with Crippen molar-refractivity contribution in [1.29, 1.82) is 0 Å². The molecule has 0 saturated heterocycles. The minimum atomic E-state index is -4.11. The van der Waals surface area contributed by atoms with Gasteiger partial charge in [-0.05, 0) is 30.3 Å². The summed E-state index contributed by atoms with van der Waals surface area (Å²) < 4.78 is 40.8. The second-order valence-corrected chi connectivity index (χ2v) is 6.61. The van der Waals surface area contributed by atoms with Crippen LogP contribution in [-0.2, 0) is 10.1 Å². The first-order chi connectivity index (χ1) is 11.5. The number of furan rings is 1. The Balaban J connectivity index is 1.99. The number of fused-ring (bicyclic) bond motifs is 2. The number of benzene rings is 2. The topological polar surface area (TPSA) is 86.7 Å². The van der Waals surface area contributed by atoms with Crippen LogP contribution in [0.25, 0.3) is 21.9 Å². The summed E-state index contributed by atoms with van der Waals surface area (Å²) in [5, 5.41) is 1.16. The van der Waals surface area contributed by atoms with Gasteiger partial charge < -0.3 is 13.0 Å². The van der Waals surface area contributed by atoms with Crippen LogP contribution in [0, 0.1) is 0 Å². The molecule has 2 aromatic carbocycles. The highest BCUT2D eigenvalue weighted by Crippen LogP contribution is 2.36. The van der Waals surface area contributed by atoms with Crippen molar-refractivity contribution in [3.63, 3.8) is 0 Å². The maximum Gasteiger partial charge on any atom is 0.339 e. The van der Waals surface area contributed by atoms with E-state index < -0.39 is 15.7 Å². The Morgan fingerprint density at radius 3 is 2.42 bits per heavy atom. The minimum absolute atomic E-state index is 0.0139. The molecule has 0 bridgehead atoms. The van der Waals surface area contributed by atoms with Crippen LogP contribution in [0.5, 0.6) is 5.75 Å². The van der Waals surface area contributed by atoms with E-state index in [0.717, 1.165) is 0 Å². The first-order valence-corrected chi connectivity index (χ1v) is 8.39. The standard InChI is InChI=1S/C17H10O6S/c18-14-7-6-11-10-12-8-9-21-15(12)17(16(11)22-14)23-24(19,20)13-4-2-1-3-5-13/h1-10H. The van der Waals surface area contributed by atoms with E-state index in [2.05, 4.69) is 0 Å². The molecule has 0 atom stereocenters. The highest BCUT2D eigenvalue weighted by molar-refractivity contribution is 7.87. The van der Waals surface area contributed by atoms with Crippen LogP contribution in [0.1, 0.15) is 0 Å². The number of hydrogen-bond donors (Lipinski definition) is 0. The van der Waals surface area contributed by atoms with Gasteiger partial charge in [0.05, 0.1) is 6.26 Å². The monoisotopic (exact) mass is 342 g/mol. The molecule has 0 saturated carbocycles. The zero-order valence-corrected chi connectivity index (χ0v) is 12.9. The molecule has 4 rings (SSSR count). The first kappa shape index (κ1) is 14.5. The third-order valence-corrected chi connectivity index (χ3v) is 4.74. The van der Waals surface area contributed by atoms with Crippen molar-refractivity contribution < 1.29 is 21.4 Å². The average molecular weight is 342 g/mol. The van der Waals surface area contributed by atoms with Crippen molar-refractivity contribution in [1.82, 2.24) is 0 Å². The van der Waals surface area contributed by atoms with Crippen molar-refractivity contribution >= 4 is 32.1 Å². The summed E-state index contributed by atoms with van der Waals surface area (Å²) in [6.45, 7) is 0. The maximum absolute atomic E-state index is 12.5. The van der Waals surface area contributed by atoms with Gasteiger partial charge in [0.2, 0.25) is 5.75 Å². The highest BCUT2D eigenvalue weighted by atomic mass is 32.2.